The zero-order valence-electron chi connectivity index (χ0n) is 14.8. The van der Waals surface area contributed by atoms with Crippen LogP contribution in [0.25, 0.3) is 0 Å². The Morgan fingerprint density at radius 3 is 2.25 bits per heavy atom. The Bertz CT molecular complexity index is 667. The lowest BCUT2D eigenvalue weighted by Gasteiger charge is -2.15. The van der Waals surface area contributed by atoms with E-state index in [0.717, 1.165) is 36.2 Å². The molecule has 0 spiro atoms. The lowest BCUT2D eigenvalue weighted by molar-refractivity contribution is 0.0950. The Morgan fingerprint density at radius 2 is 1.58 bits per heavy atom. The molecule has 0 bridgehead atoms. The molecule has 0 saturated heterocycles. The van der Waals surface area contributed by atoms with E-state index in [1.54, 1.807) is 0 Å². The van der Waals surface area contributed by atoms with Gasteiger partial charge < -0.3 is 15.5 Å². The molecule has 0 unspecified atom stereocenters. The number of hydrogen-bond acceptors (Lipinski definition) is 3. The van der Waals surface area contributed by atoms with Gasteiger partial charge in [-0.2, -0.15) is 0 Å². The number of carbonyl (C=O) groups excluding carboxylic acids is 1. The largest absolute Gasteiger partial charge is 0.348 e. The van der Waals surface area contributed by atoms with Crippen LogP contribution in [0, 0.1) is 0 Å². The summed E-state index contributed by atoms with van der Waals surface area (Å²) in [5.41, 5.74) is 4.24. The van der Waals surface area contributed by atoms with E-state index in [1.807, 2.05) is 57.5 Å². The molecule has 2 N–H and O–H groups in total. The fourth-order valence-corrected chi connectivity index (χ4v) is 2.72. The summed E-state index contributed by atoms with van der Waals surface area (Å²) in [5, 5.41) is 6.20. The molecule has 128 valence electrons. The van der Waals surface area contributed by atoms with Crippen LogP contribution in [0.15, 0.2) is 48.5 Å². The summed E-state index contributed by atoms with van der Waals surface area (Å²) in [6, 6.07) is 16.1. The Labute approximate surface area is 144 Å². The van der Waals surface area contributed by atoms with E-state index in [0.29, 0.717) is 6.54 Å². The molecule has 2 rings (SSSR count). The van der Waals surface area contributed by atoms with Gasteiger partial charge in [-0.05, 0) is 56.9 Å². The molecule has 4 nitrogen and oxygen atoms in total. The van der Waals surface area contributed by atoms with E-state index in [2.05, 4.69) is 27.7 Å². The van der Waals surface area contributed by atoms with Gasteiger partial charge >= 0.3 is 0 Å². The van der Waals surface area contributed by atoms with Gasteiger partial charge in [0.2, 0.25) is 0 Å². The predicted octanol–water partition coefficient (Wildman–Crippen LogP) is 2.44. The first-order chi connectivity index (χ1) is 11.6. The molecule has 24 heavy (non-hydrogen) atoms. The minimum atomic E-state index is -0.0126. The highest BCUT2D eigenvalue weighted by Crippen LogP contribution is 2.12. The number of amides is 1. The fourth-order valence-electron chi connectivity index (χ4n) is 2.72. The third-order valence-corrected chi connectivity index (χ3v) is 3.95. The maximum atomic E-state index is 12.6. The van der Waals surface area contributed by atoms with Crippen LogP contribution in [-0.4, -0.2) is 38.5 Å². The highest BCUT2D eigenvalue weighted by Gasteiger charge is 2.11. The lowest BCUT2D eigenvalue weighted by Crippen LogP contribution is -2.25. The molecular formula is C20H27N3O. The maximum absolute atomic E-state index is 12.6. The van der Waals surface area contributed by atoms with E-state index >= 15 is 0 Å². The van der Waals surface area contributed by atoms with E-state index in [4.69, 9.17) is 0 Å². The van der Waals surface area contributed by atoms with Gasteiger partial charge in [0.15, 0.2) is 0 Å². The van der Waals surface area contributed by atoms with Crippen LogP contribution in [0.3, 0.4) is 0 Å². The zero-order valence-corrected chi connectivity index (χ0v) is 14.8. The van der Waals surface area contributed by atoms with Crippen LogP contribution in [0.4, 0.5) is 0 Å². The summed E-state index contributed by atoms with van der Waals surface area (Å²) >= 11 is 0. The molecule has 0 radical (unpaired) electrons. The molecule has 0 aromatic heterocycles. The summed E-state index contributed by atoms with van der Waals surface area (Å²) in [5.74, 6) is -0.0126. The summed E-state index contributed by atoms with van der Waals surface area (Å²) in [6.07, 6.45) is 0.845. The minimum absolute atomic E-state index is 0.0126. The number of hydrogen-bond donors (Lipinski definition) is 2. The highest BCUT2D eigenvalue weighted by atomic mass is 16.1. The molecule has 0 aliphatic rings. The van der Waals surface area contributed by atoms with E-state index in [9.17, 15) is 4.79 Å². The SMILES string of the molecule is CNCCc1ccccc1C(=O)NCc1ccccc1CN(C)C. The fraction of sp³-hybridized carbons (Fsp3) is 0.350. The molecule has 2 aromatic rings. The van der Waals surface area contributed by atoms with Crippen molar-refractivity contribution in [3.8, 4) is 0 Å². The van der Waals surface area contributed by atoms with Crippen molar-refractivity contribution in [2.75, 3.05) is 27.7 Å². The third kappa shape index (κ3) is 5.18. The van der Waals surface area contributed by atoms with Gasteiger partial charge in [-0.25, -0.2) is 0 Å². The second-order valence-electron chi connectivity index (χ2n) is 6.20. The molecule has 0 fully saturated rings. The molecule has 0 aliphatic heterocycles. The van der Waals surface area contributed by atoms with Gasteiger partial charge in [-0.3, -0.25) is 4.79 Å². The molecular weight excluding hydrogens is 298 g/mol. The van der Waals surface area contributed by atoms with E-state index in [1.165, 1.54) is 5.56 Å². The predicted molar refractivity (Wildman–Crippen MR) is 99.1 cm³/mol. The third-order valence-electron chi connectivity index (χ3n) is 3.95. The second kappa shape index (κ2) is 9.21. The quantitative estimate of drug-likeness (QED) is 0.783. The number of likely N-dealkylation sites (N-methyl/N-ethyl adjacent to an activating group) is 1. The lowest BCUT2D eigenvalue weighted by atomic mass is 10.0. The molecule has 1 amide bonds. The first-order valence-electron chi connectivity index (χ1n) is 8.34. The minimum Gasteiger partial charge on any atom is -0.348 e. The highest BCUT2D eigenvalue weighted by molar-refractivity contribution is 5.95. The van der Waals surface area contributed by atoms with Gasteiger partial charge in [0.25, 0.3) is 5.91 Å². The number of rotatable bonds is 8. The van der Waals surface area contributed by atoms with Gasteiger partial charge in [0.05, 0.1) is 0 Å². The van der Waals surface area contributed by atoms with Crippen molar-refractivity contribution in [2.45, 2.75) is 19.5 Å². The summed E-state index contributed by atoms with van der Waals surface area (Å²) in [7, 11) is 6.02. The zero-order chi connectivity index (χ0) is 17.4. The van der Waals surface area contributed by atoms with E-state index in [-0.39, 0.29) is 5.91 Å². The second-order valence-corrected chi connectivity index (χ2v) is 6.20. The molecule has 0 heterocycles. The van der Waals surface area contributed by atoms with Crippen LogP contribution >= 0.6 is 0 Å². The first-order valence-corrected chi connectivity index (χ1v) is 8.34. The van der Waals surface area contributed by atoms with Crippen molar-refractivity contribution in [3.63, 3.8) is 0 Å². The van der Waals surface area contributed by atoms with Gasteiger partial charge in [0.1, 0.15) is 0 Å². The standard InChI is InChI=1S/C20H27N3O/c1-21-13-12-16-8-6-7-11-19(16)20(24)22-14-17-9-4-5-10-18(17)15-23(2)3/h4-11,21H,12-15H2,1-3H3,(H,22,24). The summed E-state index contributed by atoms with van der Waals surface area (Å²) in [6.45, 7) is 2.27. The molecule has 0 atom stereocenters. The van der Waals surface area contributed by atoms with Gasteiger partial charge in [-0.15, -0.1) is 0 Å². The number of nitrogens with one attached hydrogen (secondary N) is 2. The summed E-state index contributed by atoms with van der Waals surface area (Å²) < 4.78 is 0. The van der Waals surface area contributed by atoms with Crippen LogP contribution in [-0.2, 0) is 19.5 Å². The van der Waals surface area contributed by atoms with Crippen molar-refractivity contribution in [1.82, 2.24) is 15.5 Å². The van der Waals surface area contributed by atoms with Crippen molar-refractivity contribution < 1.29 is 4.79 Å². The smallest absolute Gasteiger partial charge is 0.251 e. The Balaban J connectivity index is 2.06. The van der Waals surface area contributed by atoms with Crippen molar-refractivity contribution in [2.24, 2.45) is 0 Å². The van der Waals surface area contributed by atoms with Crippen molar-refractivity contribution in [3.05, 3.63) is 70.8 Å². The van der Waals surface area contributed by atoms with Crippen molar-refractivity contribution in [1.29, 1.82) is 0 Å². The molecule has 4 heteroatoms. The molecule has 2 aromatic carbocycles. The molecule has 0 saturated carbocycles. The summed E-state index contributed by atoms with van der Waals surface area (Å²) in [4.78, 5) is 14.7. The average Bonchev–Trinajstić information content (AvgIpc) is 2.58. The van der Waals surface area contributed by atoms with Crippen LogP contribution < -0.4 is 10.6 Å². The molecule has 0 aliphatic carbocycles. The first kappa shape index (κ1) is 18.2. The maximum Gasteiger partial charge on any atom is 0.251 e. The van der Waals surface area contributed by atoms with Gasteiger partial charge in [0, 0.05) is 18.7 Å². The topological polar surface area (TPSA) is 44.4 Å². The average molecular weight is 325 g/mol. The Hall–Kier alpha value is -2.17. The normalized spacial score (nSPS) is 10.8. The van der Waals surface area contributed by atoms with Crippen molar-refractivity contribution >= 4 is 5.91 Å². The van der Waals surface area contributed by atoms with Crippen LogP contribution in [0.5, 0.6) is 0 Å². The number of carbonyl (C=O) groups is 1. The van der Waals surface area contributed by atoms with E-state index < -0.39 is 0 Å². The van der Waals surface area contributed by atoms with Gasteiger partial charge in [-0.1, -0.05) is 42.5 Å². The Kier molecular flexibility index (Phi) is 6.97. The Morgan fingerprint density at radius 1 is 0.958 bits per heavy atom. The van der Waals surface area contributed by atoms with Crippen LogP contribution in [0.1, 0.15) is 27.0 Å². The number of nitrogens with zero attached hydrogens (tertiary/aromatic N) is 1. The monoisotopic (exact) mass is 325 g/mol. The van der Waals surface area contributed by atoms with Crippen LogP contribution in [0.2, 0.25) is 0 Å². The number of benzene rings is 2.